The van der Waals surface area contributed by atoms with Crippen LogP contribution in [0.4, 0.5) is 11.4 Å². The number of nitro groups is 1. The predicted molar refractivity (Wildman–Crippen MR) is 114 cm³/mol. The molecule has 0 saturated heterocycles. The third-order valence-corrected chi connectivity index (χ3v) is 4.52. The fourth-order valence-corrected chi connectivity index (χ4v) is 2.97. The molecule has 29 heavy (non-hydrogen) atoms. The third kappa shape index (κ3) is 3.96. The maximum atomic E-state index is 10.7. The monoisotopic (exact) mass is 383 g/mol. The number of nitrogens with zero attached hydrogens (tertiary/aromatic N) is 3. The van der Waals surface area contributed by atoms with Crippen molar-refractivity contribution < 1.29 is 9.34 Å². The molecule has 0 aliphatic heterocycles. The van der Waals surface area contributed by atoms with Crippen molar-refractivity contribution in [3.05, 3.63) is 94.0 Å². The minimum Gasteiger partial charge on any atom is -0.436 e. The van der Waals surface area contributed by atoms with Gasteiger partial charge in [-0.3, -0.25) is 15.1 Å². The zero-order chi connectivity index (χ0) is 20.2. The number of hydrogen-bond donors (Lipinski definition) is 0. The predicted octanol–water partition coefficient (Wildman–Crippen LogP) is 6.13. The molecule has 0 atom stereocenters. The van der Waals surface area contributed by atoms with Gasteiger partial charge < -0.3 is 4.42 Å². The molecule has 0 unspecified atom stereocenters. The maximum absolute atomic E-state index is 10.7. The fourth-order valence-electron chi connectivity index (χ4n) is 2.97. The van der Waals surface area contributed by atoms with E-state index in [1.165, 1.54) is 12.1 Å². The second-order valence-electron chi connectivity index (χ2n) is 6.42. The molecule has 0 spiro atoms. The molecule has 1 heterocycles. The first-order chi connectivity index (χ1) is 14.1. The van der Waals surface area contributed by atoms with E-state index in [0.717, 1.165) is 33.5 Å². The number of aliphatic imine (C=N–C) groups is 1. The number of rotatable bonds is 5. The Morgan fingerprint density at radius 2 is 1.83 bits per heavy atom. The molecule has 0 aliphatic carbocycles. The first kappa shape index (κ1) is 18.3. The van der Waals surface area contributed by atoms with Crippen LogP contribution < -0.4 is 0 Å². The Kier molecular flexibility index (Phi) is 4.99. The lowest BCUT2D eigenvalue weighted by molar-refractivity contribution is -0.384. The maximum Gasteiger partial charge on any atom is 0.269 e. The minimum atomic E-state index is -0.415. The molecule has 0 N–H and O–H groups in total. The van der Waals surface area contributed by atoms with Crippen LogP contribution >= 0.6 is 0 Å². The largest absolute Gasteiger partial charge is 0.436 e. The summed E-state index contributed by atoms with van der Waals surface area (Å²) in [5.74, 6) is 0.571. The van der Waals surface area contributed by atoms with Crippen molar-refractivity contribution in [3.63, 3.8) is 0 Å². The van der Waals surface area contributed by atoms with E-state index in [-0.39, 0.29) is 5.69 Å². The summed E-state index contributed by atoms with van der Waals surface area (Å²) < 4.78 is 5.87. The van der Waals surface area contributed by atoms with Gasteiger partial charge in [0.15, 0.2) is 5.58 Å². The second-order valence-corrected chi connectivity index (χ2v) is 6.42. The highest BCUT2D eigenvalue weighted by molar-refractivity contribution is 5.82. The zero-order valence-corrected chi connectivity index (χ0v) is 15.6. The standard InChI is InChI=1S/C23H17N3O3/c1-16-19(23-25-21-8-2-3-10-22(21)29-23)7-4-9-20(16)24-15-5-6-17-11-13-18(14-12-17)26(27)28/h2-15H,1H3/b6-5+,24-15?. The van der Waals surface area contributed by atoms with Crippen LogP contribution in [0.3, 0.4) is 0 Å². The number of fused-ring (bicyclic) bond motifs is 1. The second kappa shape index (κ2) is 7.90. The minimum absolute atomic E-state index is 0.0717. The zero-order valence-electron chi connectivity index (χ0n) is 15.6. The van der Waals surface area contributed by atoms with E-state index in [1.54, 1.807) is 24.4 Å². The average Bonchev–Trinajstić information content (AvgIpc) is 3.16. The Hall–Kier alpha value is -4.06. The summed E-state index contributed by atoms with van der Waals surface area (Å²) in [6.45, 7) is 1.98. The number of allylic oxidation sites excluding steroid dienone is 1. The van der Waals surface area contributed by atoms with Gasteiger partial charge >= 0.3 is 0 Å². The summed E-state index contributed by atoms with van der Waals surface area (Å²) in [6, 6.07) is 19.8. The van der Waals surface area contributed by atoms with Gasteiger partial charge in [-0.25, -0.2) is 4.98 Å². The number of aromatic nitrogens is 1. The van der Waals surface area contributed by atoms with Gasteiger partial charge in [0.25, 0.3) is 5.69 Å². The molecule has 4 rings (SSSR count). The van der Waals surface area contributed by atoms with Crippen molar-refractivity contribution in [3.8, 4) is 11.5 Å². The van der Waals surface area contributed by atoms with E-state index in [1.807, 2.05) is 55.5 Å². The summed E-state index contributed by atoms with van der Waals surface area (Å²) in [5.41, 5.74) is 5.19. The molecule has 3 aromatic carbocycles. The normalized spacial score (nSPS) is 11.6. The molecular formula is C23H17N3O3. The molecule has 0 fully saturated rings. The van der Waals surface area contributed by atoms with Gasteiger partial charge in [-0.1, -0.05) is 24.3 Å². The van der Waals surface area contributed by atoms with Crippen LogP contribution in [-0.4, -0.2) is 16.1 Å². The summed E-state index contributed by atoms with van der Waals surface area (Å²) in [5, 5.41) is 10.7. The first-order valence-corrected chi connectivity index (χ1v) is 9.02. The van der Waals surface area contributed by atoms with Crippen molar-refractivity contribution in [1.29, 1.82) is 0 Å². The SMILES string of the molecule is Cc1c(N=C/C=C/c2ccc([N+](=O)[O-])cc2)cccc1-c1nc2ccccc2o1. The summed E-state index contributed by atoms with van der Waals surface area (Å²) in [4.78, 5) is 19.4. The molecule has 6 heteroatoms. The van der Waals surface area contributed by atoms with Crippen LogP contribution in [-0.2, 0) is 0 Å². The van der Waals surface area contributed by atoms with E-state index in [4.69, 9.17) is 4.42 Å². The van der Waals surface area contributed by atoms with Gasteiger partial charge in [-0.15, -0.1) is 0 Å². The van der Waals surface area contributed by atoms with Crippen LogP contribution in [0.2, 0.25) is 0 Å². The smallest absolute Gasteiger partial charge is 0.269 e. The van der Waals surface area contributed by atoms with E-state index in [2.05, 4.69) is 9.98 Å². The molecule has 0 saturated carbocycles. The molecule has 0 amide bonds. The van der Waals surface area contributed by atoms with Crippen molar-refractivity contribution in [2.24, 2.45) is 4.99 Å². The van der Waals surface area contributed by atoms with E-state index < -0.39 is 4.92 Å². The van der Waals surface area contributed by atoms with Gasteiger partial charge in [0.2, 0.25) is 5.89 Å². The molecule has 0 bridgehead atoms. The van der Waals surface area contributed by atoms with Gasteiger partial charge in [0, 0.05) is 23.9 Å². The van der Waals surface area contributed by atoms with Crippen LogP contribution in [0.15, 0.2) is 82.2 Å². The van der Waals surface area contributed by atoms with E-state index in [9.17, 15) is 10.1 Å². The Balaban J connectivity index is 1.54. The van der Waals surface area contributed by atoms with Gasteiger partial charge in [0.1, 0.15) is 5.52 Å². The Morgan fingerprint density at radius 3 is 2.59 bits per heavy atom. The lowest BCUT2D eigenvalue weighted by Crippen LogP contribution is -1.86. The Bertz CT molecular complexity index is 1200. The van der Waals surface area contributed by atoms with Crippen molar-refractivity contribution >= 4 is 34.8 Å². The fraction of sp³-hybridized carbons (Fsp3) is 0.0435. The van der Waals surface area contributed by atoms with E-state index >= 15 is 0 Å². The number of hydrogen-bond acceptors (Lipinski definition) is 5. The molecule has 4 aromatic rings. The van der Waals surface area contributed by atoms with Gasteiger partial charge in [0.05, 0.1) is 10.6 Å². The highest BCUT2D eigenvalue weighted by Crippen LogP contribution is 2.31. The van der Waals surface area contributed by atoms with Crippen LogP contribution in [0.1, 0.15) is 11.1 Å². The lowest BCUT2D eigenvalue weighted by atomic mass is 10.1. The molecule has 142 valence electrons. The quantitative estimate of drug-likeness (QED) is 0.236. The number of oxazole rings is 1. The van der Waals surface area contributed by atoms with Crippen molar-refractivity contribution in [2.45, 2.75) is 6.92 Å². The number of nitro benzene ring substituents is 1. The highest BCUT2D eigenvalue weighted by atomic mass is 16.6. The molecule has 0 aliphatic rings. The highest BCUT2D eigenvalue weighted by Gasteiger charge is 2.12. The van der Waals surface area contributed by atoms with Gasteiger partial charge in [-0.2, -0.15) is 0 Å². The van der Waals surface area contributed by atoms with Crippen molar-refractivity contribution in [2.75, 3.05) is 0 Å². The third-order valence-electron chi connectivity index (χ3n) is 4.52. The number of benzene rings is 3. The summed E-state index contributed by atoms with van der Waals surface area (Å²) >= 11 is 0. The van der Waals surface area contributed by atoms with Crippen molar-refractivity contribution in [1.82, 2.24) is 4.98 Å². The average molecular weight is 383 g/mol. The van der Waals surface area contributed by atoms with Crippen LogP contribution in [0.5, 0.6) is 0 Å². The van der Waals surface area contributed by atoms with Crippen LogP contribution in [0, 0.1) is 17.0 Å². The first-order valence-electron chi connectivity index (χ1n) is 9.02. The molecule has 1 aromatic heterocycles. The number of non-ortho nitro benzene ring substituents is 1. The lowest BCUT2D eigenvalue weighted by Gasteiger charge is -2.04. The Labute approximate surface area is 167 Å². The van der Waals surface area contributed by atoms with E-state index in [0.29, 0.717) is 5.89 Å². The Morgan fingerprint density at radius 1 is 1.03 bits per heavy atom. The van der Waals surface area contributed by atoms with Gasteiger partial charge in [-0.05, 0) is 60.5 Å². The summed E-state index contributed by atoms with van der Waals surface area (Å²) in [6.07, 6.45) is 5.33. The summed E-state index contributed by atoms with van der Waals surface area (Å²) in [7, 11) is 0. The number of para-hydroxylation sites is 2. The van der Waals surface area contributed by atoms with Crippen LogP contribution in [0.25, 0.3) is 28.6 Å². The topological polar surface area (TPSA) is 81.5 Å². The molecule has 6 nitrogen and oxygen atoms in total. The molecular weight excluding hydrogens is 366 g/mol. The molecule has 0 radical (unpaired) electrons.